The summed E-state index contributed by atoms with van der Waals surface area (Å²) in [5, 5.41) is 0. The lowest BCUT2D eigenvalue weighted by atomic mass is 9.90. The second kappa shape index (κ2) is 4.46. The maximum atomic E-state index is 5.56. The van der Waals surface area contributed by atoms with E-state index in [1.165, 1.54) is 0 Å². The van der Waals surface area contributed by atoms with E-state index >= 15 is 0 Å². The average Bonchev–Trinajstić information content (AvgIpc) is 2.37. The highest BCUT2D eigenvalue weighted by atomic mass is 16.9. The fourth-order valence-electron chi connectivity index (χ4n) is 1.71. The highest BCUT2D eigenvalue weighted by molar-refractivity contribution is 4.85. The van der Waals surface area contributed by atoms with Crippen molar-refractivity contribution >= 4 is 0 Å². The molecule has 0 bridgehead atoms. The third-order valence-electron chi connectivity index (χ3n) is 3.30. The minimum Gasteiger partial charge on any atom is -0.331 e. The van der Waals surface area contributed by atoms with Crippen LogP contribution in [0.4, 0.5) is 0 Å². The van der Waals surface area contributed by atoms with Crippen LogP contribution in [-0.2, 0) is 28.4 Å². The summed E-state index contributed by atoms with van der Waals surface area (Å²) < 4.78 is 32.5. The molecule has 0 radical (unpaired) electrons. The third-order valence-corrected chi connectivity index (χ3v) is 3.30. The van der Waals surface area contributed by atoms with E-state index in [1.807, 2.05) is 0 Å². The molecule has 100 valence electrons. The maximum absolute atomic E-state index is 5.56. The lowest BCUT2D eigenvalue weighted by Crippen LogP contribution is -2.58. The topological polar surface area (TPSA) is 55.4 Å². The van der Waals surface area contributed by atoms with Crippen LogP contribution in [-0.4, -0.2) is 52.6 Å². The van der Waals surface area contributed by atoms with Gasteiger partial charge in [0.05, 0.1) is 31.8 Å². The first kappa shape index (κ1) is 13.2. The Bertz CT molecular complexity index is 232. The van der Waals surface area contributed by atoms with Crippen LogP contribution in [0.5, 0.6) is 0 Å². The lowest BCUT2D eigenvalue weighted by molar-refractivity contribution is -0.450. The van der Waals surface area contributed by atoms with E-state index < -0.39 is 11.9 Å². The minimum absolute atomic E-state index is 0.282. The molecule has 0 aromatic carbocycles. The Morgan fingerprint density at radius 3 is 1.24 bits per heavy atom. The summed E-state index contributed by atoms with van der Waals surface area (Å²) in [6, 6.07) is 0. The second-order valence-electron chi connectivity index (χ2n) is 4.79. The Kier molecular flexibility index (Phi) is 3.46. The third kappa shape index (κ3) is 2.62. The molecule has 0 amide bonds. The van der Waals surface area contributed by atoms with Crippen molar-refractivity contribution in [3.63, 3.8) is 0 Å². The zero-order valence-corrected chi connectivity index (χ0v) is 10.8. The van der Waals surface area contributed by atoms with E-state index in [-0.39, 0.29) is 5.41 Å². The molecule has 17 heavy (non-hydrogen) atoms. The van der Waals surface area contributed by atoms with Gasteiger partial charge in [-0.1, -0.05) is 0 Å². The smallest absolute Gasteiger partial charge is 0.279 e. The molecule has 6 nitrogen and oxygen atoms in total. The van der Waals surface area contributed by atoms with E-state index in [0.717, 1.165) is 0 Å². The van der Waals surface area contributed by atoms with Gasteiger partial charge in [0.1, 0.15) is 0 Å². The highest BCUT2D eigenvalue weighted by Gasteiger charge is 2.48. The van der Waals surface area contributed by atoms with Crippen LogP contribution in [0.15, 0.2) is 0 Å². The summed E-state index contributed by atoms with van der Waals surface area (Å²) in [6.07, 6.45) is 0. The van der Waals surface area contributed by atoms with Crippen molar-refractivity contribution in [3.05, 3.63) is 0 Å². The molecule has 0 unspecified atom stereocenters. The molecular weight excluding hydrogens is 228 g/mol. The number of hydrogen-bond acceptors (Lipinski definition) is 6. The Hall–Kier alpha value is -0.240. The molecule has 6 heteroatoms. The van der Waals surface area contributed by atoms with Crippen LogP contribution in [0.2, 0.25) is 0 Å². The Labute approximate surface area is 101 Å². The molecule has 0 aromatic rings. The lowest BCUT2D eigenvalue weighted by Gasteiger charge is -2.48. The fraction of sp³-hybridized carbons (Fsp3) is 1.00. The molecule has 2 saturated heterocycles. The van der Waals surface area contributed by atoms with Crippen molar-refractivity contribution in [1.29, 1.82) is 0 Å². The van der Waals surface area contributed by atoms with Crippen molar-refractivity contribution in [1.82, 2.24) is 0 Å². The van der Waals surface area contributed by atoms with Crippen LogP contribution in [0.3, 0.4) is 0 Å². The zero-order valence-electron chi connectivity index (χ0n) is 10.8. The van der Waals surface area contributed by atoms with Crippen LogP contribution in [0, 0.1) is 5.41 Å². The number of rotatable bonds is 2. The molecule has 2 aliphatic heterocycles. The van der Waals surface area contributed by atoms with E-state index in [1.54, 1.807) is 28.1 Å². The van der Waals surface area contributed by atoms with Gasteiger partial charge in [0.15, 0.2) is 0 Å². The molecule has 0 aliphatic carbocycles. The number of hydrogen-bond donors (Lipinski definition) is 0. The number of ether oxygens (including phenoxy) is 6. The summed E-state index contributed by atoms with van der Waals surface area (Å²) in [5.41, 5.74) is -0.282. The summed E-state index contributed by atoms with van der Waals surface area (Å²) in [7, 11) is 3.10. The first-order valence-corrected chi connectivity index (χ1v) is 5.61. The molecule has 2 rings (SSSR count). The van der Waals surface area contributed by atoms with Gasteiger partial charge in [0, 0.05) is 28.1 Å². The molecule has 1 spiro atoms. The molecule has 2 aliphatic rings. The number of methoxy groups -OCH3 is 2. The zero-order chi connectivity index (χ0) is 12.6. The van der Waals surface area contributed by atoms with Gasteiger partial charge in [-0.05, 0) is 0 Å². The Balaban J connectivity index is 1.93. The van der Waals surface area contributed by atoms with E-state index in [0.29, 0.717) is 26.4 Å². The fourth-order valence-corrected chi connectivity index (χ4v) is 1.71. The minimum atomic E-state index is -0.965. The predicted octanol–water partition coefficient (Wildman–Crippen LogP) is 0.707. The molecule has 2 fully saturated rings. The first-order chi connectivity index (χ1) is 7.95. The van der Waals surface area contributed by atoms with Gasteiger partial charge in [-0.25, -0.2) is 0 Å². The van der Waals surface area contributed by atoms with Crippen molar-refractivity contribution < 1.29 is 28.4 Å². The molecule has 0 aromatic heterocycles. The summed E-state index contributed by atoms with van der Waals surface area (Å²) in [6.45, 7) is 5.36. The standard InChI is InChI=1S/C11H20O6/c1-9(12-3)14-5-11(6-15-9)7-16-10(2,13-4)17-8-11/h5-8H2,1-4H3. The van der Waals surface area contributed by atoms with Crippen molar-refractivity contribution in [3.8, 4) is 0 Å². The molecule has 2 heterocycles. The van der Waals surface area contributed by atoms with Crippen molar-refractivity contribution in [2.24, 2.45) is 5.41 Å². The van der Waals surface area contributed by atoms with E-state index in [4.69, 9.17) is 28.4 Å². The van der Waals surface area contributed by atoms with Gasteiger partial charge in [0.25, 0.3) is 11.9 Å². The average molecular weight is 248 g/mol. The van der Waals surface area contributed by atoms with Crippen LogP contribution >= 0.6 is 0 Å². The van der Waals surface area contributed by atoms with Gasteiger partial charge in [-0.15, -0.1) is 0 Å². The monoisotopic (exact) mass is 248 g/mol. The largest absolute Gasteiger partial charge is 0.331 e. The summed E-state index contributed by atoms with van der Waals surface area (Å²) in [5.74, 6) is -1.93. The second-order valence-corrected chi connectivity index (χ2v) is 4.79. The Morgan fingerprint density at radius 1 is 0.706 bits per heavy atom. The van der Waals surface area contributed by atoms with Gasteiger partial charge in [-0.3, -0.25) is 0 Å². The normalized spacial score (nSPS) is 47.3. The van der Waals surface area contributed by atoms with Crippen molar-refractivity contribution in [2.75, 3.05) is 40.6 Å². The van der Waals surface area contributed by atoms with Gasteiger partial charge < -0.3 is 28.4 Å². The predicted molar refractivity (Wildman–Crippen MR) is 57.1 cm³/mol. The van der Waals surface area contributed by atoms with Crippen LogP contribution < -0.4 is 0 Å². The molecule has 0 saturated carbocycles. The molecule has 0 N–H and O–H groups in total. The SMILES string of the molecule is COC1(C)OCC2(CO1)COC(C)(OC)OC2. The Morgan fingerprint density at radius 2 is 1.00 bits per heavy atom. The quantitative estimate of drug-likeness (QED) is 0.717. The molecule has 0 atom stereocenters. The van der Waals surface area contributed by atoms with Gasteiger partial charge in [-0.2, -0.15) is 0 Å². The highest BCUT2D eigenvalue weighted by Crippen LogP contribution is 2.36. The van der Waals surface area contributed by atoms with Crippen LogP contribution in [0.25, 0.3) is 0 Å². The maximum Gasteiger partial charge on any atom is 0.279 e. The van der Waals surface area contributed by atoms with Crippen molar-refractivity contribution in [2.45, 2.75) is 25.8 Å². The first-order valence-electron chi connectivity index (χ1n) is 5.61. The van der Waals surface area contributed by atoms with E-state index in [9.17, 15) is 0 Å². The molecular formula is C11H20O6. The summed E-state index contributed by atoms with van der Waals surface area (Å²) >= 11 is 0. The van der Waals surface area contributed by atoms with Gasteiger partial charge >= 0.3 is 0 Å². The summed E-state index contributed by atoms with van der Waals surface area (Å²) in [4.78, 5) is 0. The van der Waals surface area contributed by atoms with Gasteiger partial charge in [0.2, 0.25) is 0 Å². The van der Waals surface area contributed by atoms with Crippen LogP contribution in [0.1, 0.15) is 13.8 Å². The van der Waals surface area contributed by atoms with E-state index in [2.05, 4.69) is 0 Å².